The molecule has 1 heterocycles. The van der Waals surface area contributed by atoms with E-state index in [0.717, 1.165) is 34.8 Å². The summed E-state index contributed by atoms with van der Waals surface area (Å²) in [6, 6.07) is 4.54. The Morgan fingerprint density at radius 2 is 1.96 bits per heavy atom. The van der Waals surface area contributed by atoms with Gasteiger partial charge in [-0.3, -0.25) is 10.1 Å². The van der Waals surface area contributed by atoms with Gasteiger partial charge in [0.25, 0.3) is 5.69 Å². The van der Waals surface area contributed by atoms with E-state index in [2.05, 4.69) is 9.72 Å². The molecule has 12 heteroatoms. The number of ether oxygens (including phenoxy) is 2. The summed E-state index contributed by atoms with van der Waals surface area (Å²) in [6.45, 7) is 0.175. The largest absolute Gasteiger partial charge is 0.464 e. The van der Waals surface area contributed by atoms with Gasteiger partial charge in [0.1, 0.15) is 6.26 Å². The minimum absolute atomic E-state index is 0.00306. The summed E-state index contributed by atoms with van der Waals surface area (Å²) >= 11 is 0. The number of sulfonamides is 1. The fourth-order valence-electron chi connectivity index (χ4n) is 2.29. The molecule has 0 atom stereocenters. The maximum atomic E-state index is 13.0. The number of nitro groups is 1. The molecular formula is C16H19N3O8S. The van der Waals surface area contributed by atoms with Crippen molar-refractivity contribution < 1.29 is 32.0 Å². The summed E-state index contributed by atoms with van der Waals surface area (Å²) in [6.07, 6.45) is 1.47. The zero-order chi connectivity index (χ0) is 20.7. The van der Waals surface area contributed by atoms with Crippen molar-refractivity contribution in [3.63, 3.8) is 0 Å². The zero-order valence-electron chi connectivity index (χ0n) is 15.2. The Balaban J connectivity index is 2.28. The molecule has 2 rings (SSSR count). The number of aromatic nitrogens is 1. The van der Waals surface area contributed by atoms with Gasteiger partial charge in [-0.1, -0.05) is 0 Å². The van der Waals surface area contributed by atoms with Crippen LogP contribution in [0.25, 0.3) is 0 Å². The van der Waals surface area contributed by atoms with E-state index in [1.54, 1.807) is 0 Å². The van der Waals surface area contributed by atoms with Crippen LogP contribution in [0.4, 0.5) is 5.69 Å². The Morgan fingerprint density at radius 3 is 2.54 bits per heavy atom. The highest BCUT2D eigenvalue weighted by Gasteiger charge is 2.27. The van der Waals surface area contributed by atoms with E-state index in [0.29, 0.717) is 13.0 Å². The van der Waals surface area contributed by atoms with Crippen LogP contribution in [0, 0.1) is 10.1 Å². The van der Waals surface area contributed by atoms with E-state index in [1.165, 1.54) is 14.2 Å². The summed E-state index contributed by atoms with van der Waals surface area (Å²) < 4.78 is 41.7. The smallest absolute Gasteiger partial charge is 0.360 e. The lowest BCUT2D eigenvalue weighted by molar-refractivity contribution is -0.384. The van der Waals surface area contributed by atoms with Crippen LogP contribution >= 0.6 is 0 Å². The summed E-state index contributed by atoms with van der Waals surface area (Å²) in [4.78, 5) is 25.4. The first kappa shape index (κ1) is 21.5. The normalized spacial score (nSPS) is 11.5. The minimum Gasteiger partial charge on any atom is -0.464 e. The lowest BCUT2D eigenvalue weighted by Gasteiger charge is -2.20. The summed E-state index contributed by atoms with van der Waals surface area (Å²) in [5, 5.41) is 10.8. The standard InChI is InChI=1S/C16H19N3O8S/c1-25-9-3-8-18(10-15-17-14(11-27-15)16(20)26-2)28(23,24)13-6-4-12(5-7-13)19(21)22/h4-7,11H,3,8-10H2,1-2H3. The molecule has 2 aromatic rings. The molecule has 0 aliphatic rings. The maximum absolute atomic E-state index is 13.0. The van der Waals surface area contributed by atoms with Crippen LogP contribution in [0.5, 0.6) is 0 Å². The van der Waals surface area contributed by atoms with Crippen molar-refractivity contribution in [1.82, 2.24) is 9.29 Å². The topological polar surface area (TPSA) is 142 Å². The molecule has 1 aromatic heterocycles. The summed E-state index contributed by atoms with van der Waals surface area (Å²) in [5.74, 6) is -0.706. The van der Waals surface area contributed by atoms with Crippen LogP contribution < -0.4 is 0 Å². The number of carbonyl (C=O) groups is 1. The molecule has 0 fully saturated rings. The molecular weight excluding hydrogens is 394 g/mol. The van der Waals surface area contributed by atoms with Crippen molar-refractivity contribution >= 4 is 21.7 Å². The predicted molar refractivity (Wildman–Crippen MR) is 95.0 cm³/mol. The second-order valence-corrected chi connectivity index (χ2v) is 7.49. The second kappa shape index (κ2) is 9.39. The van der Waals surface area contributed by atoms with Crippen molar-refractivity contribution in [3.8, 4) is 0 Å². The Labute approximate surface area is 161 Å². The monoisotopic (exact) mass is 413 g/mol. The molecule has 0 bridgehead atoms. The molecule has 0 spiro atoms. The van der Waals surface area contributed by atoms with Gasteiger partial charge in [-0.05, 0) is 18.6 Å². The number of benzene rings is 1. The Morgan fingerprint density at radius 1 is 1.29 bits per heavy atom. The third kappa shape index (κ3) is 5.12. The van der Waals surface area contributed by atoms with Crippen LogP contribution in [0.1, 0.15) is 22.8 Å². The first-order valence-corrected chi connectivity index (χ1v) is 9.50. The fraction of sp³-hybridized carbons (Fsp3) is 0.375. The maximum Gasteiger partial charge on any atom is 0.360 e. The van der Waals surface area contributed by atoms with Crippen molar-refractivity contribution in [2.45, 2.75) is 17.9 Å². The number of non-ortho nitro benzene ring substituents is 1. The zero-order valence-corrected chi connectivity index (χ0v) is 16.0. The Hall–Kier alpha value is -2.83. The van der Waals surface area contributed by atoms with E-state index < -0.39 is 20.9 Å². The number of methoxy groups -OCH3 is 2. The molecule has 0 aliphatic carbocycles. The molecule has 1 aromatic carbocycles. The lowest BCUT2D eigenvalue weighted by atomic mass is 10.3. The lowest BCUT2D eigenvalue weighted by Crippen LogP contribution is -2.32. The molecule has 28 heavy (non-hydrogen) atoms. The quantitative estimate of drug-likeness (QED) is 0.245. The van der Waals surface area contributed by atoms with Gasteiger partial charge in [-0.2, -0.15) is 4.31 Å². The predicted octanol–water partition coefficient (Wildman–Crippen LogP) is 1.60. The molecule has 0 saturated heterocycles. The molecule has 0 saturated carbocycles. The van der Waals surface area contributed by atoms with Crippen LogP contribution in [0.15, 0.2) is 39.8 Å². The number of esters is 1. The van der Waals surface area contributed by atoms with Crippen LogP contribution in [-0.4, -0.2) is 56.0 Å². The van der Waals surface area contributed by atoms with Gasteiger partial charge >= 0.3 is 5.97 Å². The van der Waals surface area contributed by atoms with Crippen molar-refractivity contribution in [3.05, 3.63) is 52.2 Å². The molecule has 152 valence electrons. The Bertz CT molecular complexity index is 924. The number of rotatable bonds is 10. The fourth-order valence-corrected chi connectivity index (χ4v) is 3.72. The number of carbonyl (C=O) groups excluding carboxylic acids is 1. The number of hydrogen-bond donors (Lipinski definition) is 0. The van der Waals surface area contributed by atoms with E-state index >= 15 is 0 Å². The van der Waals surface area contributed by atoms with E-state index in [-0.39, 0.29) is 35.3 Å². The molecule has 0 unspecified atom stereocenters. The number of oxazole rings is 1. The molecule has 0 radical (unpaired) electrons. The molecule has 0 amide bonds. The number of hydrogen-bond acceptors (Lipinski definition) is 9. The second-order valence-electron chi connectivity index (χ2n) is 5.55. The molecule has 0 aliphatic heterocycles. The number of nitro benzene ring substituents is 1. The van der Waals surface area contributed by atoms with Crippen molar-refractivity contribution in [1.29, 1.82) is 0 Å². The van der Waals surface area contributed by atoms with Gasteiger partial charge in [0, 0.05) is 32.4 Å². The van der Waals surface area contributed by atoms with Gasteiger partial charge in [-0.15, -0.1) is 0 Å². The third-order valence-electron chi connectivity index (χ3n) is 3.70. The highest BCUT2D eigenvalue weighted by Crippen LogP contribution is 2.21. The van der Waals surface area contributed by atoms with E-state index in [4.69, 9.17) is 9.15 Å². The summed E-state index contributed by atoms with van der Waals surface area (Å²) in [5.41, 5.74) is -0.303. The summed E-state index contributed by atoms with van der Waals surface area (Å²) in [7, 11) is -1.32. The van der Waals surface area contributed by atoms with Crippen LogP contribution in [-0.2, 0) is 26.0 Å². The van der Waals surface area contributed by atoms with Crippen molar-refractivity contribution in [2.24, 2.45) is 0 Å². The van der Waals surface area contributed by atoms with Crippen molar-refractivity contribution in [2.75, 3.05) is 27.4 Å². The molecule has 11 nitrogen and oxygen atoms in total. The van der Waals surface area contributed by atoms with Crippen LogP contribution in [0.2, 0.25) is 0 Å². The van der Waals surface area contributed by atoms with Crippen LogP contribution in [0.3, 0.4) is 0 Å². The molecule has 0 N–H and O–H groups in total. The highest BCUT2D eigenvalue weighted by molar-refractivity contribution is 7.89. The first-order valence-electron chi connectivity index (χ1n) is 8.06. The van der Waals surface area contributed by atoms with Gasteiger partial charge < -0.3 is 13.9 Å². The number of nitrogens with zero attached hydrogens (tertiary/aromatic N) is 3. The average molecular weight is 413 g/mol. The van der Waals surface area contributed by atoms with Gasteiger partial charge in [0.15, 0.2) is 5.69 Å². The van der Waals surface area contributed by atoms with Gasteiger partial charge in [0.2, 0.25) is 15.9 Å². The van der Waals surface area contributed by atoms with Gasteiger partial charge in [0.05, 0.1) is 23.5 Å². The average Bonchev–Trinajstić information content (AvgIpc) is 3.15. The Kier molecular flexibility index (Phi) is 7.20. The van der Waals surface area contributed by atoms with Gasteiger partial charge in [-0.25, -0.2) is 18.2 Å². The third-order valence-corrected chi connectivity index (χ3v) is 5.56. The van der Waals surface area contributed by atoms with E-state index in [1.807, 2.05) is 0 Å². The van der Waals surface area contributed by atoms with E-state index in [9.17, 15) is 23.3 Å². The minimum atomic E-state index is -4.00. The SMILES string of the molecule is COCCCN(Cc1nc(C(=O)OC)co1)S(=O)(=O)c1ccc([N+](=O)[O-])cc1. The first-order chi connectivity index (χ1) is 13.3. The highest BCUT2D eigenvalue weighted by atomic mass is 32.2.